The van der Waals surface area contributed by atoms with Crippen LogP contribution in [0, 0.1) is 28.6 Å². The van der Waals surface area contributed by atoms with Gasteiger partial charge in [-0.25, -0.2) is 4.79 Å². The number of aromatic nitrogens is 1. The van der Waals surface area contributed by atoms with Crippen LogP contribution in [0.3, 0.4) is 0 Å². The number of carbonyl (C=O) groups excluding carboxylic acids is 5. The van der Waals surface area contributed by atoms with Gasteiger partial charge in [0, 0.05) is 54.7 Å². The molecule has 2 aromatic rings. The third kappa shape index (κ3) is 7.90. The second-order valence-corrected chi connectivity index (χ2v) is 16.6. The number of benzene rings is 1. The molecular formula is C42H55N3O9. The molecule has 54 heavy (non-hydrogen) atoms. The number of rotatable bonds is 16. The van der Waals surface area contributed by atoms with Gasteiger partial charge < -0.3 is 30.6 Å². The van der Waals surface area contributed by atoms with E-state index >= 15 is 0 Å². The van der Waals surface area contributed by atoms with E-state index in [0.717, 1.165) is 48.6 Å². The van der Waals surface area contributed by atoms with E-state index in [1.165, 1.54) is 5.57 Å². The average Bonchev–Trinajstić information content (AvgIpc) is 3.68. The summed E-state index contributed by atoms with van der Waals surface area (Å²) >= 11 is 0. The molecule has 12 nitrogen and oxygen atoms in total. The topological polar surface area (TPSA) is 192 Å². The highest BCUT2D eigenvalue weighted by Crippen LogP contribution is 2.67. The Morgan fingerprint density at radius 1 is 0.926 bits per heavy atom. The van der Waals surface area contributed by atoms with Crippen molar-refractivity contribution >= 4 is 46.2 Å². The Labute approximate surface area is 316 Å². The first-order valence-corrected chi connectivity index (χ1v) is 19.7. The number of carboxylic acid groups (broad SMARTS) is 1. The van der Waals surface area contributed by atoms with Crippen molar-refractivity contribution in [1.82, 2.24) is 15.6 Å². The molecule has 0 aliphatic heterocycles. The SMILES string of the molecule is C[C@@]12CCC(=O)C=C1CC[C@H]1C2CC[C@]2(C)C1CC[C@@]2(O)C(=O)COC(=O)CCC(=O)NCCCCCC(=O)NC(Cc1c[nH]c2ccccc12)C(=O)O. The zero-order chi connectivity index (χ0) is 38.7. The third-order valence-corrected chi connectivity index (χ3v) is 13.6. The van der Waals surface area contributed by atoms with Gasteiger partial charge in [0.2, 0.25) is 17.6 Å². The third-order valence-electron chi connectivity index (χ3n) is 13.6. The molecular weight excluding hydrogens is 690 g/mol. The van der Waals surface area contributed by atoms with Crippen LogP contribution in [0.25, 0.3) is 10.9 Å². The molecule has 7 atom stereocenters. The minimum Gasteiger partial charge on any atom is -0.480 e. The van der Waals surface area contributed by atoms with Crippen LogP contribution in [0.15, 0.2) is 42.1 Å². The summed E-state index contributed by atoms with van der Waals surface area (Å²) in [5.41, 5.74) is 0.808. The van der Waals surface area contributed by atoms with E-state index in [2.05, 4.69) is 22.5 Å². The summed E-state index contributed by atoms with van der Waals surface area (Å²) in [6, 6.07) is 6.53. The van der Waals surface area contributed by atoms with Crippen LogP contribution in [0.2, 0.25) is 0 Å². The molecule has 1 aromatic carbocycles. The van der Waals surface area contributed by atoms with E-state index in [1.54, 1.807) is 6.20 Å². The van der Waals surface area contributed by atoms with E-state index < -0.39 is 41.4 Å². The number of hydrogen-bond acceptors (Lipinski definition) is 8. The van der Waals surface area contributed by atoms with Crippen LogP contribution in [-0.4, -0.2) is 75.3 Å². The number of carboxylic acids is 1. The molecule has 12 heteroatoms. The molecule has 3 fully saturated rings. The van der Waals surface area contributed by atoms with Crippen LogP contribution in [0.5, 0.6) is 0 Å². The van der Waals surface area contributed by atoms with E-state index in [4.69, 9.17) is 4.74 Å². The molecule has 4 aliphatic rings. The van der Waals surface area contributed by atoms with Gasteiger partial charge in [0.25, 0.3) is 0 Å². The van der Waals surface area contributed by atoms with Crippen molar-refractivity contribution in [1.29, 1.82) is 0 Å². The number of fused-ring (bicyclic) bond motifs is 6. The molecule has 1 heterocycles. The number of H-pyrrole nitrogens is 1. The molecule has 0 saturated heterocycles. The Hall–Kier alpha value is -4.32. The maximum atomic E-state index is 13.5. The molecule has 6 rings (SSSR count). The number of allylic oxidation sites excluding steroid dienone is 1. The van der Waals surface area contributed by atoms with Gasteiger partial charge in [-0.05, 0) is 98.7 Å². The normalized spacial score (nSPS) is 29.3. The summed E-state index contributed by atoms with van der Waals surface area (Å²) in [4.78, 5) is 78.0. The van der Waals surface area contributed by atoms with Gasteiger partial charge in [0.1, 0.15) is 11.6 Å². The Kier molecular flexibility index (Phi) is 11.8. The number of Topliss-reactive ketones (excluding diaryl/α,β-unsaturated/α-hetero) is 1. The van der Waals surface area contributed by atoms with E-state index in [1.807, 2.05) is 37.3 Å². The van der Waals surface area contributed by atoms with Crippen molar-refractivity contribution in [3.8, 4) is 0 Å². The maximum Gasteiger partial charge on any atom is 0.326 e. The molecule has 1 aromatic heterocycles. The number of ether oxygens (including phenoxy) is 1. The van der Waals surface area contributed by atoms with Crippen LogP contribution < -0.4 is 10.6 Å². The van der Waals surface area contributed by atoms with Crippen LogP contribution in [0.1, 0.15) is 109 Å². The van der Waals surface area contributed by atoms with Crippen molar-refractivity contribution in [2.24, 2.45) is 28.6 Å². The quantitative estimate of drug-likeness (QED) is 0.115. The number of esters is 1. The average molecular weight is 746 g/mol. The van der Waals surface area contributed by atoms with Gasteiger partial charge in [0.15, 0.2) is 12.4 Å². The van der Waals surface area contributed by atoms with Crippen LogP contribution in [0.4, 0.5) is 0 Å². The number of carbonyl (C=O) groups is 6. The first-order chi connectivity index (χ1) is 25.7. The summed E-state index contributed by atoms with van der Waals surface area (Å²) < 4.78 is 5.29. The van der Waals surface area contributed by atoms with Crippen LogP contribution in [-0.2, 0) is 39.9 Å². The van der Waals surface area contributed by atoms with Crippen molar-refractivity contribution in [2.45, 2.75) is 122 Å². The van der Waals surface area contributed by atoms with Gasteiger partial charge in [0.05, 0.1) is 6.42 Å². The first kappa shape index (κ1) is 39.4. The second kappa shape index (κ2) is 16.2. The number of hydrogen-bond donors (Lipinski definition) is 5. The Balaban J connectivity index is 0.858. The summed E-state index contributed by atoms with van der Waals surface area (Å²) in [7, 11) is 0. The highest BCUT2D eigenvalue weighted by molar-refractivity contribution is 5.92. The largest absolute Gasteiger partial charge is 0.480 e. The summed E-state index contributed by atoms with van der Waals surface area (Å²) in [5, 5.41) is 27.8. The molecule has 4 aliphatic carbocycles. The molecule has 2 amide bonds. The van der Waals surface area contributed by atoms with E-state index in [0.29, 0.717) is 56.9 Å². The van der Waals surface area contributed by atoms with Crippen LogP contribution >= 0.6 is 0 Å². The molecule has 0 spiro atoms. The minimum atomic E-state index is -1.57. The van der Waals surface area contributed by atoms with E-state index in [9.17, 15) is 39.0 Å². The molecule has 0 bridgehead atoms. The predicted molar refractivity (Wildman–Crippen MR) is 200 cm³/mol. The van der Waals surface area contributed by atoms with Crippen molar-refractivity contribution in [3.63, 3.8) is 0 Å². The highest BCUT2D eigenvalue weighted by atomic mass is 16.5. The van der Waals surface area contributed by atoms with Crippen molar-refractivity contribution < 1.29 is 43.7 Å². The molecule has 3 saturated carbocycles. The lowest BCUT2D eigenvalue weighted by Gasteiger charge is -2.58. The Morgan fingerprint density at radius 2 is 1.70 bits per heavy atom. The fraction of sp³-hybridized carbons (Fsp3) is 0.619. The van der Waals surface area contributed by atoms with Gasteiger partial charge in [-0.3, -0.25) is 24.0 Å². The minimum absolute atomic E-state index is 0.00202. The van der Waals surface area contributed by atoms with Gasteiger partial charge in [-0.2, -0.15) is 0 Å². The van der Waals surface area contributed by atoms with E-state index in [-0.39, 0.29) is 54.6 Å². The molecule has 0 radical (unpaired) electrons. The number of amides is 2. The first-order valence-electron chi connectivity index (χ1n) is 19.7. The predicted octanol–water partition coefficient (Wildman–Crippen LogP) is 5.11. The number of aliphatic carboxylic acids is 1. The van der Waals surface area contributed by atoms with Gasteiger partial charge >= 0.3 is 11.9 Å². The summed E-state index contributed by atoms with van der Waals surface area (Å²) in [6.07, 6.45) is 11.4. The zero-order valence-electron chi connectivity index (χ0n) is 31.5. The number of nitrogens with one attached hydrogen (secondary N) is 3. The maximum absolute atomic E-state index is 13.5. The van der Waals surface area contributed by atoms with Crippen molar-refractivity contribution in [3.05, 3.63) is 47.7 Å². The van der Waals surface area contributed by atoms with Crippen molar-refractivity contribution in [2.75, 3.05) is 13.2 Å². The number of unbranched alkanes of at least 4 members (excludes halogenated alkanes) is 2. The smallest absolute Gasteiger partial charge is 0.326 e. The van der Waals surface area contributed by atoms with Gasteiger partial charge in [-0.15, -0.1) is 0 Å². The number of aliphatic hydroxyl groups is 1. The monoisotopic (exact) mass is 745 g/mol. The summed E-state index contributed by atoms with van der Waals surface area (Å²) in [5.74, 6) is -1.73. The lowest BCUT2D eigenvalue weighted by atomic mass is 9.46. The number of ketones is 2. The molecule has 3 unspecified atom stereocenters. The lowest BCUT2D eigenvalue weighted by molar-refractivity contribution is -0.170. The fourth-order valence-corrected chi connectivity index (χ4v) is 10.5. The standard InChI is InChI=1S/C42H55N3O9/c1-40-18-15-28(46)23-27(40)11-12-30-31(40)16-19-41(2)32(30)17-20-42(41,53)35(47)25-54-38(50)14-13-36(48)43-21-7-3-4-10-37(49)45-34(39(51)52)22-26-24-44-33-9-6-5-8-29(26)33/h5-6,8-9,23-24,30-32,34,44,53H,3-4,7,10-22,25H2,1-2H3,(H,43,48)(H,45,49)(H,51,52)/t30-,31?,32?,34?,40+,41+,42+/m0/s1. The number of para-hydroxylation sites is 1. The Morgan fingerprint density at radius 3 is 2.50 bits per heavy atom. The highest BCUT2D eigenvalue weighted by Gasteiger charge is 2.66. The number of aromatic amines is 1. The zero-order valence-corrected chi connectivity index (χ0v) is 31.5. The fourth-order valence-electron chi connectivity index (χ4n) is 10.5. The summed E-state index contributed by atoms with van der Waals surface area (Å²) in [6.45, 7) is 4.16. The Bertz CT molecular complexity index is 1820. The lowest BCUT2D eigenvalue weighted by Crippen LogP contribution is -2.58. The molecule has 5 N–H and O–H groups in total. The second-order valence-electron chi connectivity index (χ2n) is 16.6. The molecule has 292 valence electrons. The van der Waals surface area contributed by atoms with Gasteiger partial charge in [-0.1, -0.05) is 44.0 Å².